The minimum absolute atomic E-state index is 0.119. The van der Waals surface area contributed by atoms with E-state index in [0.717, 1.165) is 48.6 Å². The van der Waals surface area contributed by atoms with Gasteiger partial charge in [-0.3, -0.25) is 4.79 Å². The van der Waals surface area contributed by atoms with Crippen molar-refractivity contribution in [2.75, 3.05) is 20.2 Å². The van der Waals surface area contributed by atoms with E-state index in [-0.39, 0.29) is 5.91 Å². The summed E-state index contributed by atoms with van der Waals surface area (Å²) in [5, 5.41) is 4.02. The molecule has 0 unspecified atom stereocenters. The summed E-state index contributed by atoms with van der Waals surface area (Å²) >= 11 is 0. The number of aromatic nitrogens is 4. The minimum Gasteiger partial charge on any atom is -0.380 e. The Morgan fingerprint density at radius 2 is 1.97 bits per heavy atom. The van der Waals surface area contributed by atoms with Crippen molar-refractivity contribution < 1.29 is 14.1 Å². The second-order valence-corrected chi connectivity index (χ2v) is 7.79. The highest BCUT2D eigenvalue weighted by Gasteiger charge is 2.26. The maximum atomic E-state index is 12.7. The molecular weight excluding hydrogens is 394 g/mol. The van der Waals surface area contributed by atoms with Crippen LogP contribution >= 0.6 is 0 Å². The molecule has 1 aliphatic heterocycles. The van der Waals surface area contributed by atoms with E-state index in [2.05, 4.69) is 20.1 Å². The van der Waals surface area contributed by atoms with Crippen LogP contribution < -0.4 is 0 Å². The molecular formula is C23H27N5O3. The van der Waals surface area contributed by atoms with Gasteiger partial charge < -0.3 is 14.2 Å². The Morgan fingerprint density at radius 3 is 2.71 bits per heavy atom. The van der Waals surface area contributed by atoms with Gasteiger partial charge in [0.2, 0.25) is 17.6 Å². The molecule has 3 aromatic rings. The minimum atomic E-state index is 0.119. The number of nitrogens with zero attached hydrogens (tertiary/aromatic N) is 5. The first-order valence-electron chi connectivity index (χ1n) is 10.6. The van der Waals surface area contributed by atoms with Crippen LogP contribution in [0.2, 0.25) is 0 Å². The van der Waals surface area contributed by atoms with Crippen molar-refractivity contribution in [1.82, 2.24) is 25.0 Å². The van der Waals surface area contributed by atoms with Gasteiger partial charge in [-0.05, 0) is 19.8 Å². The van der Waals surface area contributed by atoms with E-state index in [1.807, 2.05) is 48.4 Å². The van der Waals surface area contributed by atoms with E-state index in [1.165, 1.54) is 0 Å². The van der Waals surface area contributed by atoms with Crippen LogP contribution in [0, 0.1) is 6.92 Å². The van der Waals surface area contributed by atoms with E-state index in [4.69, 9.17) is 9.26 Å². The molecule has 0 atom stereocenters. The molecule has 0 aliphatic carbocycles. The van der Waals surface area contributed by atoms with Crippen LogP contribution in [0.25, 0.3) is 11.4 Å². The van der Waals surface area contributed by atoms with Gasteiger partial charge in [-0.2, -0.15) is 4.98 Å². The van der Waals surface area contributed by atoms with Gasteiger partial charge >= 0.3 is 0 Å². The number of likely N-dealkylation sites (tertiary alicyclic amines) is 1. The van der Waals surface area contributed by atoms with Gasteiger partial charge in [0.25, 0.3) is 0 Å². The Kier molecular flexibility index (Phi) is 6.66. The van der Waals surface area contributed by atoms with Crippen LogP contribution in [0.4, 0.5) is 0 Å². The number of methoxy groups -OCH3 is 1. The number of aryl methyl sites for hydroxylation is 2. The highest BCUT2D eigenvalue weighted by molar-refractivity contribution is 5.76. The van der Waals surface area contributed by atoms with Crippen molar-refractivity contribution in [1.29, 1.82) is 0 Å². The molecule has 31 heavy (non-hydrogen) atoms. The lowest BCUT2D eigenvalue weighted by Gasteiger charge is -2.32. The van der Waals surface area contributed by atoms with Crippen LogP contribution in [0.5, 0.6) is 0 Å². The standard InChI is InChI=1S/C23H27N5O3/c1-16-24-14-19(15-30-2)22(25-16)17-10-12-28(13-11-17)21(29)9-8-20-26-23(27-31-20)18-6-4-3-5-7-18/h3-7,14,17H,8-13,15H2,1-2H3. The molecule has 0 bridgehead atoms. The normalized spacial score (nSPS) is 14.7. The van der Waals surface area contributed by atoms with Gasteiger partial charge in [0.15, 0.2) is 0 Å². The summed E-state index contributed by atoms with van der Waals surface area (Å²) in [6.07, 6.45) is 4.44. The van der Waals surface area contributed by atoms with Crippen molar-refractivity contribution in [3.8, 4) is 11.4 Å². The van der Waals surface area contributed by atoms with E-state index < -0.39 is 0 Å². The fourth-order valence-corrected chi connectivity index (χ4v) is 3.97. The number of amides is 1. The summed E-state index contributed by atoms with van der Waals surface area (Å²) in [4.78, 5) is 28.0. The van der Waals surface area contributed by atoms with Crippen molar-refractivity contribution >= 4 is 5.91 Å². The Bertz CT molecular complexity index is 1010. The second-order valence-electron chi connectivity index (χ2n) is 7.79. The molecule has 1 saturated heterocycles. The molecule has 1 aliphatic rings. The van der Waals surface area contributed by atoms with Crippen molar-refractivity contribution in [3.05, 3.63) is 59.5 Å². The maximum Gasteiger partial charge on any atom is 0.227 e. The average molecular weight is 422 g/mol. The molecule has 1 aromatic carbocycles. The Hall–Kier alpha value is -3.13. The highest BCUT2D eigenvalue weighted by atomic mass is 16.5. The zero-order valence-corrected chi connectivity index (χ0v) is 18.0. The van der Waals surface area contributed by atoms with Gasteiger partial charge in [-0.15, -0.1) is 0 Å². The monoisotopic (exact) mass is 421 g/mol. The van der Waals surface area contributed by atoms with Crippen molar-refractivity contribution in [2.24, 2.45) is 0 Å². The number of ether oxygens (including phenoxy) is 1. The number of hydrogen-bond acceptors (Lipinski definition) is 7. The lowest BCUT2D eigenvalue weighted by molar-refractivity contribution is -0.132. The largest absolute Gasteiger partial charge is 0.380 e. The summed E-state index contributed by atoms with van der Waals surface area (Å²) in [6, 6.07) is 9.66. The third-order valence-corrected chi connectivity index (χ3v) is 5.61. The number of rotatable bonds is 7. The molecule has 3 heterocycles. The molecule has 162 valence electrons. The summed E-state index contributed by atoms with van der Waals surface area (Å²) in [5.41, 5.74) is 2.99. The molecule has 8 nitrogen and oxygen atoms in total. The van der Waals surface area contributed by atoms with E-state index >= 15 is 0 Å². The smallest absolute Gasteiger partial charge is 0.227 e. The number of carbonyl (C=O) groups is 1. The van der Waals surface area contributed by atoms with Crippen LogP contribution in [0.1, 0.15) is 48.2 Å². The van der Waals surface area contributed by atoms with Gasteiger partial charge in [-0.25, -0.2) is 9.97 Å². The molecule has 0 N–H and O–H groups in total. The Balaban J connectivity index is 1.30. The van der Waals surface area contributed by atoms with Gasteiger partial charge in [0.05, 0.1) is 12.3 Å². The van der Waals surface area contributed by atoms with Crippen molar-refractivity contribution in [3.63, 3.8) is 0 Å². The Morgan fingerprint density at radius 1 is 1.19 bits per heavy atom. The van der Waals surface area contributed by atoms with Gasteiger partial charge in [0.1, 0.15) is 5.82 Å². The summed E-state index contributed by atoms with van der Waals surface area (Å²) in [6.45, 7) is 3.85. The number of piperidine rings is 1. The van der Waals surface area contributed by atoms with Crippen molar-refractivity contribution in [2.45, 2.75) is 45.1 Å². The fraction of sp³-hybridized carbons (Fsp3) is 0.435. The SMILES string of the molecule is COCc1cnc(C)nc1C1CCN(C(=O)CCc2nc(-c3ccccc3)no2)CC1. The fourth-order valence-electron chi connectivity index (χ4n) is 3.97. The van der Waals surface area contributed by atoms with Crippen LogP contribution in [-0.2, 0) is 22.6 Å². The van der Waals surface area contributed by atoms with E-state index in [9.17, 15) is 4.79 Å². The molecule has 4 rings (SSSR count). The summed E-state index contributed by atoms with van der Waals surface area (Å²) in [7, 11) is 1.68. The quantitative estimate of drug-likeness (QED) is 0.577. The van der Waals surface area contributed by atoms with Crippen LogP contribution in [-0.4, -0.2) is 51.1 Å². The predicted molar refractivity (Wildman–Crippen MR) is 114 cm³/mol. The zero-order chi connectivity index (χ0) is 21.6. The first-order chi connectivity index (χ1) is 15.1. The molecule has 1 amide bonds. The average Bonchev–Trinajstić information content (AvgIpc) is 3.29. The highest BCUT2D eigenvalue weighted by Crippen LogP contribution is 2.29. The summed E-state index contributed by atoms with van der Waals surface area (Å²) in [5.74, 6) is 2.25. The summed E-state index contributed by atoms with van der Waals surface area (Å²) < 4.78 is 10.6. The molecule has 8 heteroatoms. The topological polar surface area (TPSA) is 94.2 Å². The third kappa shape index (κ3) is 5.14. The molecule has 0 radical (unpaired) electrons. The molecule has 0 spiro atoms. The van der Waals surface area contributed by atoms with E-state index in [0.29, 0.717) is 37.1 Å². The first kappa shape index (κ1) is 21.1. The van der Waals surface area contributed by atoms with Crippen LogP contribution in [0.15, 0.2) is 41.1 Å². The van der Waals surface area contributed by atoms with Gasteiger partial charge in [0, 0.05) is 56.3 Å². The zero-order valence-electron chi connectivity index (χ0n) is 18.0. The number of benzene rings is 1. The lowest BCUT2D eigenvalue weighted by atomic mass is 9.90. The Labute approximate surface area is 181 Å². The molecule has 1 fully saturated rings. The number of carbonyl (C=O) groups excluding carboxylic acids is 1. The van der Waals surface area contributed by atoms with Crippen LogP contribution in [0.3, 0.4) is 0 Å². The number of hydrogen-bond donors (Lipinski definition) is 0. The second kappa shape index (κ2) is 9.78. The molecule has 2 aromatic heterocycles. The third-order valence-electron chi connectivity index (χ3n) is 5.61. The first-order valence-corrected chi connectivity index (χ1v) is 10.6. The molecule has 0 saturated carbocycles. The van der Waals surface area contributed by atoms with Gasteiger partial charge in [-0.1, -0.05) is 35.5 Å². The van der Waals surface area contributed by atoms with E-state index in [1.54, 1.807) is 7.11 Å². The predicted octanol–water partition coefficient (Wildman–Crippen LogP) is 3.32. The lowest BCUT2D eigenvalue weighted by Crippen LogP contribution is -2.38. The maximum absolute atomic E-state index is 12.7.